The van der Waals surface area contributed by atoms with Gasteiger partial charge in [0.1, 0.15) is 5.54 Å². The summed E-state index contributed by atoms with van der Waals surface area (Å²) < 4.78 is 10.5. The predicted molar refractivity (Wildman–Crippen MR) is 72.8 cm³/mol. The zero-order valence-electron chi connectivity index (χ0n) is 10.9. The lowest BCUT2D eigenvalue weighted by molar-refractivity contribution is 0.0962. The normalized spacial score (nSPS) is 14.3. The molecule has 1 atom stereocenters. The van der Waals surface area contributed by atoms with E-state index in [9.17, 15) is 0 Å². The molecule has 2 rings (SSSR count). The van der Waals surface area contributed by atoms with Crippen LogP contribution in [0.4, 0.5) is 0 Å². The van der Waals surface area contributed by atoms with Gasteiger partial charge in [-0.05, 0) is 32.0 Å². The molecule has 0 saturated carbocycles. The Morgan fingerprint density at radius 2 is 2.26 bits per heavy atom. The summed E-state index contributed by atoms with van der Waals surface area (Å²) in [5.41, 5.74) is 6.09. The van der Waals surface area contributed by atoms with Gasteiger partial charge in [0.05, 0.1) is 6.61 Å². The van der Waals surface area contributed by atoms with Crippen molar-refractivity contribution in [3.63, 3.8) is 0 Å². The molecular weight excluding hydrogens is 266 g/mol. The van der Waals surface area contributed by atoms with Crippen LogP contribution in [0, 0.1) is 0 Å². The molecule has 5 nitrogen and oxygen atoms in total. The van der Waals surface area contributed by atoms with E-state index in [0.717, 1.165) is 5.56 Å². The minimum Gasteiger partial charge on any atom is -0.379 e. The number of hydrogen-bond donors (Lipinski definition) is 1. The number of aromatic nitrogens is 2. The molecule has 2 N–H and O–H groups in total. The first-order valence-electron chi connectivity index (χ1n) is 5.99. The molecule has 0 radical (unpaired) electrons. The molecule has 0 aliphatic carbocycles. The summed E-state index contributed by atoms with van der Waals surface area (Å²) in [6.07, 6.45) is 0. The Balaban J connectivity index is 2.23. The van der Waals surface area contributed by atoms with Gasteiger partial charge in [-0.3, -0.25) is 0 Å². The third-order valence-corrected chi connectivity index (χ3v) is 2.85. The molecule has 0 amide bonds. The largest absolute Gasteiger partial charge is 0.379 e. The zero-order valence-corrected chi connectivity index (χ0v) is 11.6. The van der Waals surface area contributed by atoms with E-state index in [1.54, 1.807) is 19.1 Å². The second-order valence-corrected chi connectivity index (χ2v) is 4.92. The van der Waals surface area contributed by atoms with Crippen LogP contribution in [0.2, 0.25) is 5.02 Å². The van der Waals surface area contributed by atoms with E-state index in [1.165, 1.54) is 0 Å². The second-order valence-electron chi connectivity index (χ2n) is 4.49. The van der Waals surface area contributed by atoms with Crippen LogP contribution in [0.15, 0.2) is 28.8 Å². The first-order chi connectivity index (χ1) is 9.03. The Morgan fingerprint density at radius 3 is 2.95 bits per heavy atom. The van der Waals surface area contributed by atoms with E-state index >= 15 is 0 Å². The van der Waals surface area contributed by atoms with Crippen molar-refractivity contribution in [1.82, 2.24) is 10.1 Å². The smallest absolute Gasteiger partial charge is 0.258 e. The number of ether oxygens (including phenoxy) is 1. The number of halogens is 1. The molecule has 0 aliphatic heterocycles. The maximum Gasteiger partial charge on any atom is 0.258 e. The molecule has 0 aliphatic rings. The van der Waals surface area contributed by atoms with Crippen LogP contribution in [-0.2, 0) is 10.3 Å². The van der Waals surface area contributed by atoms with E-state index in [0.29, 0.717) is 30.0 Å². The fourth-order valence-electron chi connectivity index (χ4n) is 1.57. The number of hydrogen-bond acceptors (Lipinski definition) is 5. The van der Waals surface area contributed by atoms with Gasteiger partial charge >= 0.3 is 0 Å². The first-order valence-corrected chi connectivity index (χ1v) is 6.37. The summed E-state index contributed by atoms with van der Waals surface area (Å²) in [7, 11) is 0. The van der Waals surface area contributed by atoms with E-state index < -0.39 is 5.54 Å². The van der Waals surface area contributed by atoms with Gasteiger partial charge in [-0.2, -0.15) is 4.98 Å². The molecular formula is C13H16ClN3O2. The summed E-state index contributed by atoms with van der Waals surface area (Å²) in [6, 6.07) is 7.21. The van der Waals surface area contributed by atoms with Crippen LogP contribution in [0.5, 0.6) is 0 Å². The summed E-state index contributed by atoms with van der Waals surface area (Å²) in [4.78, 5) is 4.30. The fraction of sp³-hybridized carbons (Fsp3) is 0.385. The number of rotatable bonds is 5. The molecule has 1 aromatic heterocycles. The SMILES string of the molecule is CCOCC(C)(N)c1noc(-c2cccc(Cl)c2)n1. The number of benzene rings is 1. The van der Waals surface area contributed by atoms with Gasteiger partial charge in [-0.1, -0.05) is 22.8 Å². The summed E-state index contributed by atoms with van der Waals surface area (Å²) >= 11 is 5.93. The van der Waals surface area contributed by atoms with E-state index in [4.69, 9.17) is 26.6 Å². The van der Waals surface area contributed by atoms with Crippen LogP contribution in [0.25, 0.3) is 11.5 Å². The molecule has 0 spiro atoms. The lowest BCUT2D eigenvalue weighted by atomic mass is 10.1. The average molecular weight is 282 g/mol. The van der Waals surface area contributed by atoms with Gasteiger partial charge < -0.3 is 15.0 Å². The lowest BCUT2D eigenvalue weighted by Gasteiger charge is -2.19. The quantitative estimate of drug-likeness (QED) is 0.912. The molecule has 102 valence electrons. The monoisotopic (exact) mass is 281 g/mol. The van der Waals surface area contributed by atoms with E-state index in [1.807, 2.05) is 19.1 Å². The van der Waals surface area contributed by atoms with Crippen molar-refractivity contribution in [3.05, 3.63) is 35.1 Å². The molecule has 6 heteroatoms. The van der Waals surface area contributed by atoms with Crippen molar-refractivity contribution >= 4 is 11.6 Å². The molecule has 1 unspecified atom stereocenters. The van der Waals surface area contributed by atoms with Crippen LogP contribution in [0.1, 0.15) is 19.7 Å². The highest BCUT2D eigenvalue weighted by Crippen LogP contribution is 2.23. The highest BCUT2D eigenvalue weighted by Gasteiger charge is 2.28. The fourth-order valence-corrected chi connectivity index (χ4v) is 1.76. The van der Waals surface area contributed by atoms with Crippen LogP contribution < -0.4 is 5.73 Å². The van der Waals surface area contributed by atoms with Gasteiger partial charge in [0.25, 0.3) is 5.89 Å². The molecule has 0 saturated heterocycles. The van der Waals surface area contributed by atoms with Crippen molar-refractivity contribution in [2.75, 3.05) is 13.2 Å². The zero-order chi connectivity index (χ0) is 13.9. The summed E-state index contributed by atoms with van der Waals surface area (Å²) in [6.45, 7) is 4.63. The minimum absolute atomic E-state index is 0.331. The number of nitrogens with two attached hydrogens (primary N) is 1. The van der Waals surface area contributed by atoms with Gasteiger partial charge in [-0.15, -0.1) is 0 Å². The van der Waals surface area contributed by atoms with Gasteiger partial charge in [0.15, 0.2) is 5.82 Å². The number of nitrogens with zero attached hydrogens (tertiary/aromatic N) is 2. The third kappa shape index (κ3) is 3.32. The van der Waals surface area contributed by atoms with Gasteiger partial charge in [-0.25, -0.2) is 0 Å². The van der Waals surface area contributed by atoms with Gasteiger partial charge in [0, 0.05) is 17.2 Å². The highest BCUT2D eigenvalue weighted by atomic mass is 35.5. The molecule has 2 aromatic rings. The van der Waals surface area contributed by atoms with Crippen LogP contribution in [-0.4, -0.2) is 23.4 Å². The standard InChI is InChI=1S/C13H16ClN3O2/c1-3-18-8-13(2,15)12-16-11(19-17-12)9-5-4-6-10(14)7-9/h4-7H,3,8,15H2,1-2H3. The highest BCUT2D eigenvalue weighted by molar-refractivity contribution is 6.30. The Kier molecular flexibility index (Phi) is 4.19. The van der Waals surface area contributed by atoms with Crippen molar-refractivity contribution < 1.29 is 9.26 Å². The maximum atomic E-state index is 6.11. The predicted octanol–water partition coefficient (Wildman–Crippen LogP) is 2.60. The summed E-state index contributed by atoms with van der Waals surface area (Å²) in [5, 5.41) is 4.53. The third-order valence-electron chi connectivity index (χ3n) is 2.61. The maximum absolute atomic E-state index is 6.11. The van der Waals surface area contributed by atoms with Crippen molar-refractivity contribution in [2.24, 2.45) is 5.73 Å². The molecule has 0 bridgehead atoms. The minimum atomic E-state index is -0.781. The molecule has 1 aromatic carbocycles. The Morgan fingerprint density at radius 1 is 1.47 bits per heavy atom. The second kappa shape index (κ2) is 5.69. The van der Waals surface area contributed by atoms with Crippen LogP contribution in [0.3, 0.4) is 0 Å². The molecule has 0 fully saturated rings. The Labute approximate surface area is 116 Å². The molecule has 19 heavy (non-hydrogen) atoms. The molecule has 1 heterocycles. The van der Waals surface area contributed by atoms with Crippen molar-refractivity contribution in [2.45, 2.75) is 19.4 Å². The van der Waals surface area contributed by atoms with Crippen molar-refractivity contribution in [1.29, 1.82) is 0 Å². The summed E-state index contributed by atoms with van der Waals surface area (Å²) in [5.74, 6) is 0.807. The topological polar surface area (TPSA) is 74.2 Å². The van der Waals surface area contributed by atoms with E-state index in [-0.39, 0.29) is 0 Å². The average Bonchev–Trinajstić information content (AvgIpc) is 2.87. The van der Waals surface area contributed by atoms with Gasteiger partial charge in [0.2, 0.25) is 0 Å². The van der Waals surface area contributed by atoms with Crippen molar-refractivity contribution in [3.8, 4) is 11.5 Å². The Bertz CT molecular complexity index is 554. The van der Waals surface area contributed by atoms with E-state index in [2.05, 4.69) is 10.1 Å². The lowest BCUT2D eigenvalue weighted by Crippen LogP contribution is -2.39. The first kappa shape index (κ1) is 14.0. The Hall–Kier alpha value is -1.43. The van der Waals surface area contributed by atoms with Crippen LogP contribution >= 0.6 is 11.6 Å².